The molecule has 0 spiro atoms. The smallest absolute Gasteiger partial charge is 0.320 e. The van der Waals surface area contributed by atoms with Crippen LogP contribution >= 0.6 is 0 Å². The van der Waals surface area contributed by atoms with Crippen molar-refractivity contribution in [1.82, 2.24) is 14.7 Å². The van der Waals surface area contributed by atoms with Crippen LogP contribution in [0, 0.1) is 5.92 Å². The van der Waals surface area contributed by atoms with E-state index in [-0.39, 0.29) is 6.03 Å². The molecule has 0 aliphatic carbocycles. The van der Waals surface area contributed by atoms with Crippen LogP contribution in [0.15, 0.2) is 0 Å². The molecule has 0 bridgehead atoms. The summed E-state index contributed by atoms with van der Waals surface area (Å²) in [7, 11) is 4.15. The van der Waals surface area contributed by atoms with Gasteiger partial charge in [0.15, 0.2) is 0 Å². The van der Waals surface area contributed by atoms with Crippen molar-refractivity contribution in [3.63, 3.8) is 0 Å². The number of carboxylic acid groups (broad SMARTS) is 1. The zero-order chi connectivity index (χ0) is 14.7. The summed E-state index contributed by atoms with van der Waals surface area (Å²) < 4.78 is 0. The third-order valence-electron chi connectivity index (χ3n) is 4.51. The first kappa shape index (κ1) is 15.1. The van der Waals surface area contributed by atoms with Crippen LogP contribution in [0.1, 0.15) is 25.7 Å². The van der Waals surface area contributed by atoms with Crippen molar-refractivity contribution in [2.45, 2.75) is 31.7 Å². The van der Waals surface area contributed by atoms with E-state index in [4.69, 9.17) is 5.11 Å². The third-order valence-corrected chi connectivity index (χ3v) is 4.51. The Morgan fingerprint density at radius 2 is 1.70 bits per heavy atom. The van der Waals surface area contributed by atoms with E-state index in [0.717, 1.165) is 32.4 Å². The summed E-state index contributed by atoms with van der Waals surface area (Å²) in [4.78, 5) is 29.3. The van der Waals surface area contributed by atoms with Gasteiger partial charge in [0.05, 0.1) is 5.92 Å². The van der Waals surface area contributed by atoms with Gasteiger partial charge in [0.25, 0.3) is 0 Å². The minimum atomic E-state index is -0.784. The number of hydrogen-bond donors (Lipinski definition) is 1. The summed E-state index contributed by atoms with van der Waals surface area (Å²) >= 11 is 0. The Kier molecular flexibility index (Phi) is 4.86. The maximum Gasteiger partial charge on any atom is 0.320 e. The van der Waals surface area contributed by atoms with E-state index in [0.29, 0.717) is 25.6 Å². The van der Waals surface area contributed by atoms with Gasteiger partial charge in [-0.1, -0.05) is 0 Å². The summed E-state index contributed by atoms with van der Waals surface area (Å²) in [6.45, 7) is 2.60. The molecule has 1 N–H and O–H groups in total. The standard InChI is InChI=1S/C14H25N3O3/c1-15(2)12-5-8-16(9-6-12)14(20)17-7-3-4-11(10-17)13(18)19/h11-12H,3-10H2,1-2H3,(H,18,19). The van der Waals surface area contributed by atoms with Crippen molar-refractivity contribution in [3.05, 3.63) is 0 Å². The summed E-state index contributed by atoms with van der Waals surface area (Å²) in [5.41, 5.74) is 0. The van der Waals surface area contributed by atoms with Gasteiger partial charge < -0.3 is 19.8 Å². The second-order valence-electron chi connectivity index (χ2n) is 6.09. The number of urea groups is 1. The topological polar surface area (TPSA) is 64.1 Å². The summed E-state index contributed by atoms with van der Waals surface area (Å²) in [5.74, 6) is -1.18. The number of carboxylic acids is 1. The van der Waals surface area contributed by atoms with E-state index >= 15 is 0 Å². The predicted molar refractivity (Wildman–Crippen MR) is 75.6 cm³/mol. The average Bonchev–Trinajstić information content (AvgIpc) is 2.46. The normalized spacial score (nSPS) is 25.1. The number of aliphatic carboxylic acids is 1. The van der Waals surface area contributed by atoms with Crippen molar-refractivity contribution in [2.24, 2.45) is 5.92 Å². The summed E-state index contributed by atoms with van der Waals surface area (Å²) in [5, 5.41) is 9.09. The highest BCUT2D eigenvalue weighted by molar-refractivity contribution is 5.76. The number of likely N-dealkylation sites (tertiary alicyclic amines) is 2. The van der Waals surface area contributed by atoms with Gasteiger partial charge in [-0.2, -0.15) is 0 Å². The molecule has 2 saturated heterocycles. The largest absolute Gasteiger partial charge is 0.481 e. The van der Waals surface area contributed by atoms with Crippen molar-refractivity contribution >= 4 is 12.0 Å². The monoisotopic (exact) mass is 283 g/mol. The molecule has 0 radical (unpaired) electrons. The highest BCUT2D eigenvalue weighted by Gasteiger charge is 2.32. The van der Waals surface area contributed by atoms with Gasteiger partial charge in [-0.05, 0) is 39.8 Å². The van der Waals surface area contributed by atoms with E-state index in [1.54, 1.807) is 4.90 Å². The maximum atomic E-state index is 12.4. The lowest BCUT2D eigenvalue weighted by Crippen LogP contribution is -2.52. The lowest BCUT2D eigenvalue weighted by Gasteiger charge is -2.39. The Labute approximate surface area is 120 Å². The molecular formula is C14H25N3O3. The molecule has 1 atom stereocenters. The number of nitrogens with zero attached hydrogens (tertiary/aromatic N) is 3. The molecule has 114 valence electrons. The molecule has 2 aliphatic rings. The Morgan fingerprint density at radius 1 is 1.05 bits per heavy atom. The lowest BCUT2D eigenvalue weighted by molar-refractivity contribution is -0.143. The van der Waals surface area contributed by atoms with Crippen LogP contribution in [-0.4, -0.2) is 78.1 Å². The molecule has 2 fully saturated rings. The predicted octanol–water partition coefficient (Wildman–Crippen LogP) is 0.929. The van der Waals surface area contributed by atoms with E-state index in [1.165, 1.54) is 0 Å². The van der Waals surface area contributed by atoms with Gasteiger partial charge in [-0.25, -0.2) is 4.79 Å². The minimum absolute atomic E-state index is 0.0214. The molecule has 2 amide bonds. The van der Waals surface area contributed by atoms with E-state index in [2.05, 4.69) is 19.0 Å². The summed E-state index contributed by atoms with van der Waals surface area (Å²) in [6.07, 6.45) is 3.46. The molecule has 20 heavy (non-hydrogen) atoms. The zero-order valence-electron chi connectivity index (χ0n) is 12.4. The van der Waals surface area contributed by atoms with Crippen LogP contribution in [0.25, 0.3) is 0 Å². The first-order valence-electron chi connectivity index (χ1n) is 7.42. The Hall–Kier alpha value is -1.30. The highest BCUT2D eigenvalue weighted by Crippen LogP contribution is 2.20. The molecule has 2 aliphatic heterocycles. The Balaban J connectivity index is 1.87. The summed E-state index contributed by atoms with van der Waals surface area (Å²) in [6, 6.07) is 0.570. The minimum Gasteiger partial charge on any atom is -0.481 e. The Bertz CT molecular complexity index is 365. The van der Waals surface area contributed by atoms with Crippen LogP contribution in [0.3, 0.4) is 0 Å². The van der Waals surface area contributed by atoms with Crippen molar-refractivity contribution in [3.8, 4) is 0 Å². The van der Waals surface area contributed by atoms with E-state index in [1.807, 2.05) is 4.90 Å². The molecule has 0 aromatic heterocycles. The lowest BCUT2D eigenvalue weighted by atomic mass is 9.98. The van der Waals surface area contributed by atoms with E-state index < -0.39 is 11.9 Å². The maximum absolute atomic E-state index is 12.4. The third kappa shape index (κ3) is 3.42. The fourth-order valence-corrected chi connectivity index (χ4v) is 3.13. The van der Waals surface area contributed by atoms with Crippen LogP contribution in [0.2, 0.25) is 0 Å². The second kappa shape index (κ2) is 6.43. The SMILES string of the molecule is CN(C)C1CCN(C(=O)N2CCCC(C(=O)O)C2)CC1. The molecule has 6 nitrogen and oxygen atoms in total. The van der Waals surface area contributed by atoms with Crippen molar-refractivity contribution in [1.29, 1.82) is 0 Å². The molecule has 2 heterocycles. The number of amides is 2. The van der Waals surface area contributed by atoms with Crippen LogP contribution in [0.5, 0.6) is 0 Å². The molecule has 0 aromatic rings. The first-order valence-corrected chi connectivity index (χ1v) is 7.42. The van der Waals surface area contributed by atoms with Crippen LogP contribution < -0.4 is 0 Å². The second-order valence-corrected chi connectivity index (χ2v) is 6.09. The fraction of sp³-hybridized carbons (Fsp3) is 0.857. The average molecular weight is 283 g/mol. The molecule has 6 heteroatoms. The van der Waals surface area contributed by atoms with Gasteiger partial charge >= 0.3 is 12.0 Å². The van der Waals surface area contributed by atoms with Gasteiger partial charge in [-0.15, -0.1) is 0 Å². The first-order chi connectivity index (χ1) is 9.49. The highest BCUT2D eigenvalue weighted by atomic mass is 16.4. The molecule has 0 saturated carbocycles. The van der Waals surface area contributed by atoms with Crippen LogP contribution in [0.4, 0.5) is 4.79 Å². The van der Waals surface area contributed by atoms with Crippen molar-refractivity contribution in [2.75, 3.05) is 40.3 Å². The van der Waals surface area contributed by atoms with Crippen LogP contribution in [-0.2, 0) is 4.79 Å². The van der Waals surface area contributed by atoms with Crippen molar-refractivity contribution < 1.29 is 14.7 Å². The Morgan fingerprint density at radius 3 is 2.25 bits per heavy atom. The number of carbonyl (C=O) groups excluding carboxylic acids is 1. The van der Waals surface area contributed by atoms with Gasteiger partial charge in [0.2, 0.25) is 0 Å². The molecular weight excluding hydrogens is 258 g/mol. The zero-order valence-corrected chi connectivity index (χ0v) is 12.4. The fourth-order valence-electron chi connectivity index (χ4n) is 3.13. The molecule has 1 unspecified atom stereocenters. The number of rotatable bonds is 2. The number of piperidine rings is 2. The molecule has 2 rings (SSSR count). The number of carbonyl (C=O) groups is 2. The van der Waals surface area contributed by atoms with Gasteiger partial charge in [-0.3, -0.25) is 4.79 Å². The number of hydrogen-bond acceptors (Lipinski definition) is 3. The van der Waals surface area contributed by atoms with E-state index in [9.17, 15) is 9.59 Å². The van der Waals surface area contributed by atoms with Gasteiger partial charge in [0.1, 0.15) is 0 Å². The molecule has 0 aromatic carbocycles. The quantitative estimate of drug-likeness (QED) is 0.819. The van der Waals surface area contributed by atoms with Gasteiger partial charge in [0, 0.05) is 32.2 Å².